The number of likely N-dealkylation sites (tertiary alicyclic amines) is 2. The number of ether oxygens (including phenoxy) is 2. The van der Waals surface area contributed by atoms with Crippen LogP contribution >= 0.6 is 0 Å². The molecule has 4 heterocycles. The summed E-state index contributed by atoms with van der Waals surface area (Å²) in [5.74, 6) is 0.227. The van der Waals surface area contributed by atoms with Crippen molar-refractivity contribution in [2.24, 2.45) is 0 Å². The molecule has 0 atom stereocenters. The van der Waals surface area contributed by atoms with Gasteiger partial charge in [-0.1, -0.05) is 0 Å². The second-order valence-electron chi connectivity index (χ2n) is 12.0. The molecule has 212 valence electrons. The summed E-state index contributed by atoms with van der Waals surface area (Å²) < 4.78 is 10.6. The number of nitrogens with zero attached hydrogens (tertiary/aromatic N) is 3. The van der Waals surface area contributed by atoms with E-state index in [0.717, 1.165) is 13.0 Å². The molecule has 37 heavy (non-hydrogen) atoms. The van der Waals surface area contributed by atoms with Crippen molar-refractivity contribution in [3.05, 3.63) is 11.8 Å². The molecule has 0 aliphatic carbocycles. The van der Waals surface area contributed by atoms with Crippen molar-refractivity contribution in [1.29, 1.82) is 0 Å². The van der Waals surface area contributed by atoms with Crippen molar-refractivity contribution < 1.29 is 23.9 Å². The molecule has 0 unspecified atom stereocenters. The maximum Gasteiger partial charge on any atom is 0.410 e. The number of hydrogen-bond acceptors (Lipinski definition) is 7. The largest absolute Gasteiger partial charge is 0.444 e. The van der Waals surface area contributed by atoms with Crippen LogP contribution in [0.25, 0.3) is 0 Å². The van der Waals surface area contributed by atoms with Crippen LogP contribution in [-0.2, 0) is 14.3 Å². The van der Waals surface area contributed by atoms with Gasteiger partial charge in [0.1, 0.15) is 17.0 Å². The lowest BCUT2D eigenvalue weighted by Gasteiger charge is -2.32. The highest BCUT2D eigenvalue weighted by molar-refractivity contribution is 5.81. The summed E-state index contributed by atoms with van der Waals surface area (Å²) >= 11 is 0. The Bertz CT molecular complexity index is 757. The number of nitrogens with one attached hydrogen (secondary N) is 1. The monoisotopic (exact) mass is 522 g/mol. The van der Waals surface area contributed by atoms with Crippen LogP contribution in [-0.4, -0.2) is 96.2 Å². The Kier molecular flexibility index (Phi) is 12.2. The van der Waals surface area contributed by atoms with E-state index in [-0.39, 0.29) is 18.0 Å². The van der Waals surface area contributed by atoms with Crippen molar-refractivity contribution in [2.75, 3.05) is 52.4 Å². The topological polar surface area (TPSA) is 91.4 Å². The van der Waals surface area contributed by atoms with Gasteiger partial charge in [-0.15, -0.1) is 0 Å². The zero-order chi connectivity index (χ0) is 27.5. The van der Waals surface area contributed by atoms with Crippen LogP contribution in [0.4, 0.5) is 9.59 Å². The lowest BCUT2D eigenvalue weighted by Crippen LogP contribution is -2.41. The summed E-state index contributed by atoms with van der Waals surface area (Å²) in [6, 6.07) is 0. The van der Waals surface area contributed by atoms with E-state index in [1.807, 2.05) is 41.5 Å². The quantitative estimate of drug-likeness (QED) is 0.540. The average Bonchev–Trinajstić information content (AvgIpc) is 3.55. The molecular weight excluding hydrogens is 472 g/mol. The molecule has 4 aliphatic rings. The van der Waals surface area contributed by atoms with Crippen LogP contribution in [0.15, 0.2) is 11.8 Å². The van der Waals surface area contributed by atoms with Crippen molar-refractivity contribution in [2.45, 2.75) is 97.7 Å². The van der Waals surface area contributed by atoms with Crippen LogP contribution in [0.3, 0.4) is 0 Å². The zero-order valence-electron chi connectivity index (χ0n) is 24.1. The Hall–Kier alpha value is -2.29. The Labute approximate surface area is 223 Å². The van der Waals surface area contributed by atoms with Crippen LogP contribution in [0.5, 0.6) is 0 Å². The number of ketones is 1. The van der Waals surface area contributed by atoms with E-state index in [9.17, 15) is 14.4 Å². The smallest absolute Gasteiger partial charge is 0.410 e. The Balaban J connectivity index is 0.000000224. The van der Waals surface area contributed by atoms with Crippen molar-refractivity contribution in [1.82, 2.24) is 20.0 Å². The lowest BCUT2D eigenvalue weighted by molar-refractivity contribution is -0.121. The van der Waals surface area contributed by atoms with E-state index in [2.05, 4.69) is 16.3 Å². The molecule has 0 bridgehead atoms. The number of amides is 2. The number of Topliss-reactive ketones (excluding diaryl/α,β-unsaturated/α-hetero) is 1. The Morgan fingerprint density at radius 2 is 1.22 bits per heavy atom. The number of carbonyl (C=O) groups is 3. The first kappa shape index (κ1) is 30.9. The molecule has 3 fully saturated rings. The maximum absolute atomic E-state index is 11.9. The molecule has 0 aromatic carbocycles. The molecule has 9 heteroatoms. The van der Waals surface area contributed by atoms with Crippen LogP contribution < -0.4 is 5.32 Å². The highest BCUT2D eigenvalue weighted by Gasteiger charge is 2.26. The first-order chi connectivity index (χ1) is 17.3. The van der Waals surface area contributed by atoms with Crippen LogP contribution in [0.2, 0.25) is 0 Å². The van der Waals surface area contributed by atoms with Gasteiger partial charge in [-0.2, -0.15) is 0 Å². The molecule has 4 rings (SSSR count). The fourth-order valence-electron chi connectivity index (χ4n) is 4.33. The minimum Gasteiger partial charge on any atom is -0.444 e. The fraction of sp³-hybridized carbons (Fsp3) is 0.821. The third kappa shape index (κ3) is 12.7. The van der Waals surface area contributed by atoms with E-state index in [1.165, 1.54) is 57.6 Å². The number of rotatable bonds is 1. The van der Waals surface area contributed by atoms with Gasteiger partial charge in [-0.05, 0) is 86.4 Å². The Morgan fingerprint density at radius 3 is 1.62 bits per heavy atom. The average molecular weight is 523 g/mol. The van der Waals surface area contributed by atoms with E-state index < -0.39 is 11.2 Å². The van der Waals surface area contributed by atoms with E-state index in [0.29, 0.717) is 32.5 Å². The molecule has 9 nitrogen and oxygen atoms in total. The van der Waals surface area contributed by atoms with Crippen molar-refractivity contribution in [3.8, 4) is 0 Å². The zero-order valence-corrected chi connectivity index (χ0v) is 24.1. The molecule has 0 saturated carbocycles. The molecule has 4 aliphatic heterocycles. The van der Waals surface area contributed by atoms with E-state index in [1.54, 1.807) is 9.80 Å². The van der Waals surface area contributed by atoms with Gasteiger partial charge >= 0.3 is 12.2 Å². The predicted octanol–water partition coefficient (Wildman–Crippen LogP) is 4.56. The summed E-state index contributed by atoms with van der Waals surface area (Å²) in [5.41, 5.74) is 0.543. The lowest BCUT2D eigenvalue weighted by atomic mass is 10.1. The SMILES string of the molecule is C1CCNC1.CC(C)(C)OC(=O)N1CC=C(N2CCCC2)CC1.CC(C)(C)OC(=O)N1CCC(=O)CC1. The maximum atomic E-state index is 11.9. The first-order valence-corrected chi connectivity index (χ1v) is 14.0. The van der Waals surface area contributed by atoms with Crippen LogP contribution in [0.1, 0.15) is 86.5 Å². The summed E-state index contributed by atoms with van der Waals surface area (Å²) in [6.07, 6.45) is 8.92. The minimum atomic E-state index is -0.460. The van der Waals surface area contributed by atoms with Gasteiger partial charge < -0.3 is 29.5 Å². The summed E-state index contributed by atoms with van der Waals surface area (Å²) in [5, 5.41) is 3.22. The summed E-state index contributed by atoms with van der Waals surface area (Å²) in [6.45, 7) is 18.5. The molecule has 1 N–H and O–H groups in total. The standard InChI is InChI=1S/C14H24N2O2.C10H17NO3.C4H9N/c1-14(2,3)18-13(17)16-10-6-12(7-11-16)15-8-4-5-9-15;1-10(2,3)14-9(13)11-6-4-8(12)5-7-11;1-2-4-5-3-1/h6H,4-5,7-11H2,1-3H3;4-7H2,1-3H3;5H,1-4H2. The molecule has 0 aromatic heterocycles. The molecule has 0 aromatic rings. The number of hydrogen-bond donors (Lipinski definition) is 1. The number of carbonyl (C=O) groups excluding carboxylic acids is 3. The third-order valence-electron chi connectivity index (χ3n) is 6.28. The van der Waals surface area contributed by atoms with Gasteiger partial charge in [-0.25, -0.2) is 9.59 Å². The summed E-state index contributed by atoms with van der Waals surface area (Å²) in [4.78, 5) is 40.2. The Morgan fingerprint density at radius 1 is 0.730 bits per heavy atom. The highest BCUT2D eigenvalue weighted by Crippen LogP contribution is 2.21. The molecular formula is C28H50N4O5. The second-order valence-corrected chi connectivity index (χ2v) is 12.0. The van der Waals surface area contributed by atoms with Gasteiger partial charge in [0, 0.05) is 64.2 Å². The van der Waals surface area contributed by atoms with Gasteiger partial charge in [0.25, 0.3) is 0 Å². The van der Waals surface area contributed by atoms with Gasteiger partial charge in [-0.3, -0.25) is 4.79 Å². The molecule has 0 radical (unpaired) electrons. The molecule has 2 amide bonds. The van der Waals surface area contributed by atoms with Crippen molar-refractivity contribution >= 4 is 18.0 Å². The van der Waals surface area contributed by atoms with Gasteiger partial charge in [0.2, 0.25) is 0 Å². The van der Waals surface area contributed by atoms with Gasteiger partial charge in [0.15, 0.2) is 0 Å². The fourth-order valence-corrected chi connectivity index (χ4v) is 4.33. The van der Waals surface area contributed by atoms with Crippen LogP contribution in [0, 0.1) is 0 Å². The number of piperidine rings is 1. The molecule has 0 spiro atoms. The summed E-state index contributed by atoms with van der Waals surface area (Å²) in [7, 11) is 0. The predicted molar refractivity (Wildman–Crippen MR) is 145 cm³/mol. The minimum absolute atomic E-state index is 0.195. The van der Waals surface area contributed by atoms with Crippen molar-refractivity contribution in [3.63, 3.8) is 0 Å². The first-order valence-electron chi connectivity index (χ1n) is 14.0. The molecule has 3 saturated heterocycles. The van der Waals surface area contributed by atoms with E-state index >= 15 is 0 Å². The van der Waals surface area contributed by atoms with Gasteiger partial charge in [0.05, 0.1) is 0 Å². The third-order valence-corrected chi connectivity index (χ3v) is 6.28. The highest BCUT2D eigenvalue weighted by atomic mass is 16.6. The second kappa shape index (κ2) is 14.6. The van der Waals surface area contributed by atoms with E-state index in [4.69, 9.17) is 9.47 Å². The normalized spacial score (nSPS) is 20.3.